The summed E-state index contributed by atoms with van der Waals surface area (Å²) < 4.78 is 0. The van der Waals surface area contributed by atoms with Gasteiger partial charge in [0.15, 0.2) is 0 Å². The SMILES string of the molecule is O=C(CN1CC[C@@](O)(c2ccccc2)C1)N1CCCCCC1. The number of β-amino-alcohol motifs (C(OH)–C–C–N with tert-alkyl or cyclic N) is 1. The molecule has 1 N–H and O–H groups in total. The Bertz CT molecular complexity index is 497. The highest BCUT2D eigenvalue weighted by atomic mass is 16.3. The van der Waals surface area contributed by atoms with Crippen LogP contribution in [0.25, 0.3) is 0 Å². The highest BCUT2D eigenvalue weighted by Gasteiger charge is 2.38. The quantitative estimate of drug-likeness (QED) is 0.928. The van der Waals surface area contributed by atoms with Crippen LogP contribution in [0, 0.1) is 0 Å². The van der Waals surface area contributed by atoms with Crippen molar-refractivity contribution < 1.29 is 9.90 Å². The maximum Gasteiger partial charge on any atom is 0.236 e. The van der Waals surface area contributed by atoms with E-state index in [4.69, 9.17) is 0 Å². The predicted molar refractivity (Wildman–Crippen MR) is 86.4 cm³/mol. The lowest BCUT2D eigenvalue weighted by Gasteiger charge is -2.26. The van der Waals surface area contributed by atoms with Crippen molar-refractivity contribution in [3.63, 3.8) is 0 Å². The number of hydrogen-bond donors (Lipinski definition) is 1. The van der Waals surface area contributed by atoms with Crippen molar-refractivity contribution in [3.05, 3.63) is 35.9 Å². The number of nitrogens with zero attached hydrogens (tertiary/aromatic N) is 2. The zero-order valence-electron chi connectivity index (χ0n) is 13.2. The Labute approximate surface area is 132 Å². The third kappa shape index (κ3) is 3.50. The van der Waals surface area contributed by atoms with Gasteiger partial charge in [0.05, 0.1) is 6.54 Å². The average molecular weight is 302 g/mol. The molecule has 2 aliphatic heterocycles. The molecule has 0 saturated carbocycles. The van der Waals surface area contributed by atoms with E-state index >= 15 is 0 Å². The monoisotopic (exact) mass is 302 g/mol. The Morgan fingerprint density at radius 1 is 1.05 bits per heavy atom. The van der Waals surface area contributed by atoms with Gasteiger partial charge in [-0.1, -0.05) is 43.2 Å². The molecule has 22 heavy (non-hydrogen) atoms. The van der Waals surface area contributed by atoms with Crippen LogP contribution >= 0.6 is 0 Å². The van der Waals surface area contributed by atoms with Gasteiger partial charge in [-0.2, -0.15) is 0 Å². The molecular weight excluding hydrogens is 276 g/mol. The van der Waals surface area contributed by atoms with E-state index in [-0.39, 0.29) is 5.91 Å². The standard InChI is InChI=1S/C18H26N2O2/c21-17(20-11-6-1-2-7-12-20)14-19-13-10-18(22,15-19)16-8-4-3-5-9-16/h3-5,8-9,22H,1-2,6-7,10-15H2/t18-/m0/s1. The van der Waals surface area contributed by atoms with Gasteiger partial charge in [-0.3, -0.25) is 9.69 Å². The molecule has 1 aromatic rings. The first-order valence-corrected chi connectivity index (χ1v) is 8.45. The van der Waals surface area contributed by atoms with Crippen LogP contribution in [0.15, 0.2) is 30.3 Å². The predicted octanol–water partition coefficient (Wildman–Crippen LogP) is 1.98. The molecule has 0 unspecified atom stereocenters. The van der Waals surface area contributed by atoms with Gasteiger partial charge in [0.1, 0.15) is 5.60 Å². The third-order valence-corrected chi connectivity index (χ3v) is 4.96. The number of likely N-dealkylation sites (tertiary alicyclic amines) is 2. The van der Waals surface area contributed by atoms with Crippen molar-refractivity contribution in [2.45, 2.75) is 37.7 Å². The second kappa shape index (κ2) is 6.80. The van der Waals surface area contributed by atoms with Gasteiger partial charge in [0, 0.05) is 26.2 Å². The Morgan fingerprint density at radius 2 is 1.73 bits per heavy atom. The molecule has 1 aromatic carbocycles. The Hall–Kier alpha value is -1.39. The zero-order valence-corrected chi connectivity index (χ0v) is 13.2. The fraction of sp³-hybridized carbons (Fsp3) is 0.611. The normalized spacial score (nSPS) is 26.9. The molecule has 4 heteroatoms. The van der Waals surface area contributed by atoms with E-state index in [1.54, 1.807) is 0 Å². The van der Waals surface area contributed by atoms with Crippen molar-refractivity contribution in [1.29, 1.82) is 0 Å². The van der Waals surface area contributed by atoms with Gasteiger partial charge in [-0.25, -0.2) is 0 Å². The number of rotatable bonds is 3. The molecule has 0 bridgehead atoms. The van der Waals surface area contributed by atoms with Crippen molar-refractivity contribution in [3.8, 4) is 0 Å². The van der Waals surface area contributed by atoms with E-state index in [0.29, 0.717) is 19.5 Å². The first-order chi connectivity index (χ1) is 10.7. The molecule has 0 radical (unpaired) electrons. The number of amides is 1. The minimum atomic E-state index is -0.805. The Morgan fingerprint density at radius 3 is 2.41 bits per heavy atom. The Kier molecular flexibility index (Phi) is 4.79. The van der Waals surface area contributed by atoms with Crippen LogP contribution in [-0.4, -0.2) is 53.5 Å². The van der Waals surface area contributed by atoms with E-state index in [1.165, 1.54) is 12.8 Å². The molecule has 2 saturated heterocycles. The lowest BCUT2D eigenvalue weighted by Crippen LogP contribution is -2.41. The number of benzene rings is 1. The Balaban J connectivity index is 1.57. The minimum absolute atomic E-state index is 0.221. The molecule has 2 aliphatic rings. The van der Waals surface area contributed by atoms with Gasteiger partial charge in [0.25, 0.3) is 0 Å². The summed E-state index contributed by atoms with van der Waals surface area (Å²) in [5.41, 5.74) is 0.153. The largest absolute Gasteiger partial charge is 0.384 e. The van der Waals surface area contributed by atoms with Crippen LogP contribution < -0.4 is 0 Å². The van der Waals surface area contributed by atoms with Gasteiger partial charge < -0.3 is 10.0 Å². The second-order valence-corrected chi connectivity index (χ2v) is 6.65. The number of carbonyl (C=O) groups excluding carboxylic acids is 1. The maximum atomic E-state index is 12.5. The highest BCUT2D eigenvalue weighted by molar-refractivity contribution is 5.78. The summed E-state index contributed by atoms with van der Waals surface area (Å²) in [6.07, 6.45) is 5.42. The van der Waals surface area contributed by atoms with Gasteiger partial charge >= 0.3 is 0 Å². The molecule has 4 nitrogen and oxygen atoms in total. The van der Waals surface area contributed by atoms with Gasteiger partial charge in [0.2, 0.25) is 5.91 Å². The van der Waals surface area contributed by atoms with Crippen molar-refractivity contribution >= 4 is 5.91 Å². The van der Waals surface area contributed by atoms with Crippen LogP contribution in [0.3, 0.4) is 0 Å². The summed E-state index contributed by atoms with van der Waals surface area (Å²) in [7, 11) is 0. The van der Waals surface area contributed by atoms with Crippen LogP contribution in [0.4, 0.5) is 0 Å². The summed E-state index contributed by atoms with van der Waals surface area (Å²) in [5.74, 6) is 0.221. The first kappa shape index (κ1) is 15.5. The van der Waals surface area contributed by atoms with Crippen LogP contribution in [0.1, 0.15) is 37.7 Å². The second-order valence-electron chi connectivity index (χ2n) is 6.65. The molecule has 1 amide bonds. The lowest BCUT2D eigenvalue weighted by atomic mass is 9.93. The molecule has 2 fully saturated rings. The molecule has 0 aromatic heterocycles. The maximum absolute atomic E-state index is 12.5. The van der Waals surface area contributed by atoms with Gasteiger partial charge in [-0.15, -0.1) is 0 Å². The smallest absolute Gasteiger partial charge is 0.236 e. The van der Waals surface area contributed by atoms with Crippen molar-refractivity contribution in [2.75, 3.05) is 32.7 Å². The van der Waals surface area contributed by atoms with E-state index in [1.807, 2.05) is 35.2 Å². The summed E-state index contributed by atoms with van der Waals surface area (Å²) in [4.78, 5) is 16.6. The summed E-state index contributed by atoms with van der Waals surface area (Å²) in [6.45, 7) is 3.57. The lowest BCUT2D eigenvalue weighted by molar-refractivity contribution is -0.132. The molecule has 3 rings (SSSR count). The molecule has 120 valence electrons. The average Bonchev–Trinajstić information content (AvgIpc) is 2.76. The summed E-state index contributed by atoms with van der Waals surface area (Å²) in [5, 5.41) is 10.8. The minimum Gasteiger partial charge on any atom is -0.384 e. The molecule has 0 aliphatic carbocycles. The van der Waals surface area contributed by atoms with E-state index < -0.39 is 5.60 Å². The summed E-state index contributed by atoms with van der Waals surface area (Å²) >= 11 is 0. The number of hydrogen-bond acceptors (Lipinski definition) is 3. The molecule has 1 atom stereocenters. The van der Waals surface area contributed by atoms with E-state index in [9.17, 15) is 9.90 Å². The first-order valence-electron chi connectivity index (χ1n) is 8.45. The fourth-order valence-electron chi connectivity index (χ4n) is 3.60. The number of carbonyl (C=O) groups is 1. The molecule has 0 spiro atoms. The van der Waals surface area contributed by atoms with Crippen LogP contribution in [0.2, 0.25) is 0 Å². The summed E-state index contributed by atoms with van der Waals surface area (Å²) in [6, 6.07) is 9.82. The van der Waals surface area contributed by atoms with Gasteiger partial charge in [-0.05, 0) is 24.8 Å². The van der Waals surface area contributed by atoms with Crippen molar-refractivity contribution in [2.24, 2.45) is 0 Å². The third-order valence-electron chi connectivity index (χ3n) is 4.96. The van der Waals surface area contributed by atoms with Crippen LogP contribution in [0.5, 0.6) is 0 Å². The van der Waals surface area contributed by atoms with E-state index in [2.05, 4.69) is 4.90 Å². The van der Waals surface area contributed by atoms with Crippen LogP contribution in [-0.2, 0) is 10.4 Å². The van der Waals surface area contributed by atoms with Crippen molar-refractivity contribution in [1.82, 2.24) is 9.80 Å². The highest BCUT2D eigenvalue weighted by Crippen LogP contribution is 2.31. The fourth-order valence-corrected chi connectivity index (χ4v) is 3.60. The van der Waals surface area contributed by atoms with E-state index in [0.717, 1.165) is 38.0 Å². The number of aliphatic hydroxyl groups is 1. The zero-order chi connectivity index (χ0) is 15.4. The molecule has 2 heterocycles. The topological polar surface area (TPSA) is 43.8 Å². The molecular formula is C18H26N2O2.